The number of benzene rings is 2. The van der Waals surface area contributed by atoms with E-state index in [2.05, 4.69) is 28.1 Å². The lowest BCUT2D eigenvalue weighted by Gasteiger charge is -2.28. The number of hydrogen-bond acceptors (Lipinski definition) is 6. The molecule has 2 aromatic carbocycles. The first-order valence-corrected chi connectivity index (χ1v) is 13.4. The molecule has 10 nitrogen and oxygen atoms in total. The van der Waals surface area contributed by atoms with Crippen molar-refractivity contribution in [1.82, 2.24) is 15.5 Å². The van der Waals surface area contributed by atoms with Gasteiger partial charge in [-0.25, -0.2) is 9.59 Å². The van der Waals surface area contributed by atoms with E-state index in [1.54, 1.807) is 41.5 Å². The molecule has 1 saturated heterocycles. The SMILES string of the molecule is CC(C)(C)OC(=O)NCC(=O)N[C@@H]1C[C@@H](C(=O)Nc2ccc(Cc3ccccc3)cc2)N(C(=O)OC(C)(C)C)C1. The van der Waals surface area contributed by atoms with Crippen molar-refractivity contribution in [3.63, 3.8) is 0 Å². The summed E-state index contributed by atoms with van der Waals surface area (Å²) < 4.78 is 10.7. The molecule has 3 N–H and O–H groups in total. The van der Waals surface area contributed by atoms with Crippen molar-refractivity contribution < 1.29 is 28.7 Å². The van der Waals surface area contributed by atoms with Gasteiger partial charge >= 0.3 is 12.2 Å². The minimum Gasteiger partial charge on any atom is -0.444 e. The maximum absolute atomic E-state index is 13.3. The first kappa shape index (κ1) is 30.5. The van der Waals surface area contributed by atoms with Crippen LogP contribution < -0.4 is 16.0 Å². The van der Waals surface area contributed by atoms with E-state index < -0.39 is 41.4 Å². The number of carbonyl (C=O) groups is 4. The Balaban J connectivity index is 1.63. The molecule has 3 rings (SSSR count). The molecule has 0 aromatic heterocycles. The number of amides is 4. The van der Waals surface area contributed by atoms with Crippen LogP contribution in [0.5, 0.6) is 0 Å². The predicted octanol–water partition coefficient (Wildman–Crippen LogP) is 4.23. The van der Waals surface area contributed by atoms with Gasteiger partial charge < -0.3 is 25.4 Å². The van der Waals surface area contributed by atoms with E-state index in [0.29, 0.717) is 5.69 Å². The van der Waals surface area contributed by atoms with Crippen LogP contribution in [0.25, 0.3) is 0 Å². The van der Waals surface area contributed by atoms with Gasteiger partial charge in [-0.3, -0.25) is 14.5 Å². The summed E-state index contributed by atoms with van der Waals surface area (Å²) in [6, 6.07) is 16.3. The lowest BCUT2D eigenvalue weighted by Crippen LogP contribution is -2.46. The van der Waals surface area contributed by atoms with Crippen molar-refractivity contribution in [2.24, 2.45) is 0 Å². The maximum atomic E-state index is 13.3. The molecule has 1 fully saturated rings. The molecule has 40 heavy (non-hydrogen) atoms. The third kappa shape index (κ3) is 9.91. The molecule has 2 aromatic rings. The Labute approximate surface area is 235 Å². The van der Waals surface area contributed by atoms with Gasteiger partial charge in [-0.05, 0) is 77.6 Å². The Morgan fingerprint density at radius 2 is 1.45 bits per heavy atom. The van der Waals surface area contributed by atoms with Crippen molar-refractivity contribution >= 4 is 29.7 Å². The fourth-order valence-corrected chi connectivity index (χ4v) is 4.22. The summed E-state index contributed by atoms with van der Waals surface area (Å²) in [5.74, 6) is -0.847. The minimum absolute atomic E-state index is 0.0845. The van der Waals surface area contributed by atoms with Crippen LogP contribution >= 0.6 is 0 Å². The van der Waals surface area contributed by atoms with Crippen LogP contribution in [-0.4, -0.2) is 65.3 Å². The standard InChI is InChI=1S/C30H40N4O6/c1-29(2,3)39-27(37)31-18-25(35)32-23-17-24(34(19-23)28(38)40-30(4,5)6)26(36)33-22-14-12-21(13-15-22)16-20-10-8-7-9-11-20/h7-15,23-24H,16-19H2,1-6H3,(H,31,37)(H,32,35)(H,33,36)/t23-,24+/m1/s1. The number of anilines is 1. The van der Waals surface area contributed by atoms with Crippen molar-refractivity contribution in [3.8, 4) is 0 Å². The van der Waals surface area contributed by atoms with E-state index >= 15 is 0 Å². The van der Waals surface area contributed by atoms with E-state index in [1.165, 1.54) is 10.5 Å². The van der Waals surface area contributed by atoms with Crippen LogP contribution in [0, 0.1) is 0 Å². The zero-order valence-corrected chi connectivity index (χ0v) is 24.1. The average molecular weight is 553 g/mol. The molecule has 1 heterocycles. The first-order chi connectivity index (χ1) is 18.7. The summed E-state index contributed by atoms with van der Waals surface area (Å²) in [5.41, 5.74) is 1.43. The maximum Gasteiger partial charge on any atom is 0.411 e. The quantitative estimate of drug-likeness (QED) is 0.472. The summed E-state index contributed by atoms with van der Waals surface area (Å²) in [4.78, 5) is 52.0. The predicted molar refractivity (Wildman–Crippen MR) is 152 cm³/mol. The Morgan fingerprint density at radius 3 is 2.05 bits per heavy atom. The van der Waals surface area contributed by atoms with E-state index in [4.69, 9.17) is 9.47 Å². The highest BCUT2D eigenvalue weighted by Gasteiger charge is 2.42. The van der Waals surface area contributed by atoms with Gasteiger partial charge in [0.1, 0.15) is 23.8 Å². The van der Waals surface area contributed by atoms with Gasteiger partial charge in [0.15, 0.2) is 0 Å². The van der Waals surface area contributed by atoms with Gasteiger partial charge in [0.2, 0.25) is 11.8 Å². The van der Waals surface area contributed by atoms with Gasteiger partial charge in [-0.15, -0.1) is 0 Å². The largest absolute Gasteiger partial charge is 0.444 e. The second kappa shape index (κ2) is 12.8. The molecule has 2 atom stereocenters. The van der Waals surface area contributed by atoms with E-state index in [9.17, 15) is 19.2 Å². The van der Waals surface area contributed by atoms with Crippen molar-refractivity contribution in [3.05, 3.63) is 65.7 Å². The van der Waals surface area contributed by atoms with E-state index in [1.807, 2.05) is 42.5 Å². The van der Waals surface area contributed by atoms with Crippen LogP contribution in [0.2, 0.25) is 0 Å². The number of carbonyl (C=O) groups excluding carboxylic acids is 4. The summed E-state index contributed by atoms with van der Waals surface area (Å²) >= 11 is 0. The number of likely N-dealkylation sites (tertiary alicyclic amines) is 1. The Bertz CT molecular complexity index is 1190. The number of ether oxygens (including phenoxy) is 2. The molecular formula is C30H40N4O6. The van der Waals surface area contributed by atoms with Gasteiger partial charge in [0.05, 0.1) is 0 Å². The molecule has 1 aliphatic heterocycles. The third-order valence-corrected chi connectivity index (χ3v) is 5.86. The highest BCUT2D eigenvalue weighted by atomic mass is 16.6. The monoisotopic (exact) mass is 552 g/mol. The van der Waals surface area contributed by atoms with Crippen molar-refractivity contribution in [1.29, 1.82) is 0 Å². The summed E-state index contributed by atoms with van der Waals surface area (Å²) in [6.45, 7) is 10.2. The molecule has 0 aliphatic carbocycles. The number of nitrogens with one attached hydrogen (secondary N) is 3. The molecule has 0 bridgehead atoms. The third-order valence-electron chi connectivity index (χ3n) is 5.86. The molecule has 0 spiro atoms. The van der Waals surface area contributed by atoms with E-state index in [0.717, 1.165) is 12.0 Å². The Hall–Kier alpha value is -4.08. The average Bonchev–Trinajstić information content (AvgIpc) is 3.27. The van der Waals surface area contributed by atoms with Crippen LogP contribution in [0.15, 0.2) is 54.6 Å². The zero-order valence-electron chi connectivity index (χ0n) is 24.1. The first-order valence-electron chi connectivity index (χ1n) is 13.4. The van der Waals surface area contributed by atoms with Gasteiger partial charge in [-0.2, -0.15) is 0 Å². The smallest absolute Gasteiger partial charge is 0.411 e. The molecule has 0 radical (unpaired) electrons. The summed E-state index contributed by atoms with van der Waals surface area (Å²) in [7, 11) is 0. The second-order valence-electron chi connectivity index (χ2n) is 11.9. The molecule has 0 unspecified atom stereocenters. The molecular weight excluding hydrogens is 512 g/mol. The number of hydrogen-bond donors (Lipinski definition) is 3. The lowest BCUT2D eigenvalue weighted by molar-refractivity contribution is -0.121. The molecule has 216 valence electrons. The number of alkyl carbamates (subject to hydrolysis) is 1. The van der Waals surface area contributed by atoms with Crippen molar-refractivity contribution in [2.45, 2.75) is 77.7 Å². The zero-order chi connectivity index (χ0) is 29.5. The van der Waals surface area contributed by atoms with Gasteiger partial charge in [0, 0.05) is 18.3 Å². The number of nitrogens with zero attached hydrogens (tertiary/aromatic N) is 1. The molecule has 0 saturated carbocycles. The highest BCUT2D eigenvalue weighted by Crippen LogP contribution is 2.23. The minimum atomic E-state index is -0.858. The lowest BCUT2D eigenvalue weighted by atomic mass is 10.0. The second-order valence-corrected chi connectivity index (χ2v) is 11.9. The fourth-order valence-electron chi connectivity index (χ4n) is 4.22. The normalized spacial score (nSPS) is 17.1. The van der Waals surface area contributed by atoms with Crippen molar-refractivity contribution in [2.75, 3.05) is 18.4 Å². The highest BCUT2D eigenvalue weighted by molar-refractivity contribution is 5.97. The molecule has 4 amide bonds. The van der Waals surface area contributed by atoms with Crippen LogP contribution in [0.3, 0.4) is 0 Å². The molecule has 1 aliphatic rings. The Morgan fingerprint density at radius 1 is 0.850 bits per heavy atom. The number of rotatable bonds is 7. The Kier molecular flexibility index (Phi) is 9.78. The fraction of sp³-hybridized carbons (Fsp3) is 0.467. The summed E-state index contributed by atoms with van der Waals surface area (Å²) in [6.07, 6.45) is -0.394. The topological polar surface area (TPSA) is 126 Å². The van der Waals surface area contributed by atoms with Crippen LogP contribution in [0.4, 0.5) is 15.3 Å². The summed E-state index contributed by atoms with van der Waals surface area (Å²) in [5, 5.41) is 8.08. The van der Waals surface area contributed by atoms with Crippen LogP contribution in [0.1, 0.15) is 59.1 Å². The van der Waals surface area contributed by atoms with Gasteiger partial charge in [-0.1, -0.05) is 42.5 Å². The van der Waals surface area contributed by atoms with Crippen LogP contribution in [-0.2, 0) is 25.5 Å². The van der Waals surface area contributed by atoms with Gasteiger partial charge in [0.25, 0.3) is 0 Å². The van der Waals surface area contributed by atoms with E-state index in [-0.39, 0.29) is 25.4 Å². The molecule has 10 heteroatoms.